The van der Waals surface area contributed by atoms with E-state index in [4.69, 9.17) is 10.6 Å². The number of unbranched alkanes of at least 4 members (excludes halogenated alkanes) is 1. The van der Waals surface area contributed by atoms with E-state index in [-0.39, 0.29) is 12.1 Å². The lowest BCUT2D eigenvalue weighted by Gasteiger charge is -2.28. The third kappa shape index (κ3) is 5.83. The molecule has 3 N–H and O–H groups in total. The van der Waals surface area contributed by atoms with Crippen LogP contribution in [0.25, 0.3) is 0 Å². The largest absolute Gasteiger partial charge is 0.380 e. The van der Waals surface area contributed by atoms with Crippen molar-refractivity contribution in [2.75, 3.05) is 7.11 Å². The topological polar surface area (TPSA) is 47.3 Å². The number of hydrazine groups is 1. The standard InChI is InChI=1S/C13H30N2O/c1-5-8-9-11(6-2)10-12(15-14)13(7-3)16-4/h11-13,15H,5-10,14H2,1-4H3. The van der Waals surface area contributed by atoms with Crippen LogP contribution in [0.3, 0.4) is 0 Å². The van der Waals surface area contributed by atoms with Crippen molar-refractivity contribution in [3.05, 3.63) is 0 Å². The summed E-state index contributed by atoms with van der Waals surface area (Å²) < 4.78 is 5.46. The molecule has 0 aromatic rings. The fourth-order valence-corrected chi connectivity index (χ4v) is 2.28. The van der Waals surface area contributed by atoms with Crippen molar-refractivity contribution in [1.29, 1.82) is 0 Å². The Hall–Kier alpha value is -0.120. The molecule has 0 aliphatic carbocycles. The Morgan fingerprint density at radius 3 is 2.25 bits per heavy atom. The maximum atomic E-state index is 5.63. The van der Waals surface area contributed by atoms with E-state index in [1.54, 1.807) is 7.11 Å². The highest BCUT2D eigenvalue weighted by Gasteiger charge is 2.21. The molecule has 3 heteroatoms. The minimum absolute atomic E-state index is 0.237. The van der Waals surface area contributed by atoms with Crippen LogP contribution in [0.15, 0.2) is 0 Å². The van der Waals surface area contributed by atoms with Gasteiger partial charge >= 0.3 is 0 Å². The van der Waals surface area contributed by atoms with E-state index in [9.17, 15) is 0 Å². The second-order valence-electron chi connectivity index (χ2n) is 4.61. The van der Waals surface area contributed by atoms with Crippen LogP contribution in [0.5, 0.6) is 0 Å². The van der Waals surface area contributed by atoms with Crippen LogP contribution in [-0.4, -0.2) is 19.3 Å². The van der Waals surface area contributed by atoms with Crippen molar-refractivity contribution < 1.29 is 4.74 Å². The summed E-state index contributed by atoms with van der Waals surface area (Å²) >= 11 is 0. The van der Waals surface area contributed by atoms with Crippen LogP contribution in [0.2, 0.25) is 0 Å². The number of ether oxygens (including phenoxy) is 1. The molecule has 0 saturated heterocycles. The molecule has 0 rings (SSSR count). The van der Waals surface area contributed by atoms with Gasteiger partial charge in [0, 0.05) is 13.2 Å². The number of nitrogens with one attached hydrogen (secondary N) is 1. The van der Waals surface area contributed by atoms with Gasteiger partial charge in [0.05, 0.1) is 6.10 Å². The fraction of sp³-hybridized carbons (Fsp3) is 1.00. The normalized spacial score (nSPS) is 17.1. The summed E-state index contributed by atoms with van der Waals surface area (Å²) in [6.07, 6.45) is 7.51. The number of rotatable bonds is 10. The van der Waals surface area contributed by atoms with E-state index in [1.807, 2.05) is 0 Å². The van der Waals surface area contributed by atoms with E-state index in [1.165, 1.54) is 25.7 Å². The molecule has 98 valence electrons. The lowest BCUT2D eigenvalue weighted by Crippen LogP contribution is -2.45. The molecule has 0 heterocycles. The molecular weight excluding hydrogens is 200 g/mol. The number of methoxy groups -OCH3 is 1. The van der Waals surface area contributed by atoms with Crippen molar-refractivity contribution in [2.45, 2.75) is 71.4 Å². The van der Waals surface area contributed by atoms with Crippen LogP contribution in [0, 0.1) is 5.92 Å². The van der Waals surface area contributed by atoms with Crippen molar-refractivity contribution in [1.82, 2.24) is 5.43 Å². The fourth-order valence-electron chi connectivity index (χ4n) is 2.28. The summed E-state index contributed by atoms with van der Waals surface area (Å²) in [5, 5.41) is 0. The number of hydrogen-bond acceptors (Lipinski definition) is 3. The first-order valence-corrected chi connectivity index (χ1v) is 6.72. The molecule has 0 fully saturated rings. The van der Waals surface area contributed by atoms with Crippen molar-refractivity contribution in [2.24, 2.45) is 11.8 Å². The summed E-state index contributed by atoms with van der Waals surface area (Å²) in [5.41, 5.74) is 2.92. The number of nitrogens with two attached hydrogens (primary N) is 1. The third-order valence-corrected chi connectivity index (χ3v) is 3.50. The predicted molar refractivity (Wildman–Crippen MR) is 70.1 cm³/mol. The molecule has 0 radical (unpaired) electrons. The minimum Gasteiger partial charge on any atom is -0.380 e. The van der Waals surface area contributed by atoms with Crippen LogP contribution in [-0.2, 0) is 4.74 Å². The molecule has 0 aliphatic heterocycles. The Kier molecular flexibility index (Phi) is 9.99. The molecule has 16 heavy (non-hydrogen) atoms. The molecule has 0 aromatic carbocycles. The zero-order chi connectivity index (χ0) is 12.4. The molecule has 0 saturated carbocycles. The van der Waals surface area contributed by atoms with Crippen LogP contribution < -0.4 is 11.3 Å². The Morgan fingerprint density at radius 1 is 1.19 bits per heavy atom. The Balaban J connectivity index is 4.14. The van der Waals surface area contributed by atoms with Gasteiger partial charge < -0.3 is 4.74 Å². The lowest BCUT2D eigenvalue weighted by molar-refractivity contribution is 0.0558. The Labute approximate surface area is 101 Å². The van der Waals surface area contributed by atoms with Crippen molar-refractivity contribution >= 4 is 0 Å². The molecule has 3 atom stereocenters. The Bertz CT molecular complexity index is 149. The average Bonchev–Trinajstić information content (AvgIpc) is 2.33. The van der Waals surface area contributed by atoms with Gasteiger partial charge in [-0.15, -0.1) is 0 Å². The number of hydrogen-bond donors (Lipinski definition) is 2. The summed E-state index contributed by atoms with van der Waals surface area (Å²) in [6, 6.07) is 0.289. The maximum Gasteiger partial charge on any atom is 0.0735 e. The maximum absolute atomic E-state index is 5.63. The average molecular weight is 230 g/mol. The quantitative estimate of drug-likeness (QED) is 0.448. The summed E-state index contributed by atoms with van der Waals surface area (Å²) in [4.78, 5) is 0. The molecular formula is C13H30N2O. The molecule has 3 nitrogen and oxygen atoms in total. The summed E-state index contributed by atoms with van der Waals surface area (Å²) in [6.45, 7) is 6.66. The molecule has 0 bridgehead atoms. The van der Waals surface area contributed by atoms with Crippen LogP contribution in [0.4, 0.5) is 0 Å². The van der Waals surface area contributed by atoms with E-state index in [0.29, 0.717) is 0 Å². The second kappa shape index (κ2) is 10.1. The van der Waals surface area contributed by atoms with Gasteiger partial charge in [-0.25, -0.2) is 0 Å². The van der Waals surface area contributed by atoms with Crippen LogP contribution in [0.1, 0.15) is 59.3 Å². The van der Waals surface area contributed by atoms with E-state index in [2.05, 4.69) is 26.2 Å². The first kappa shape index (κ1) is 15.9. The van der Waals surface area contributed by atoms with Gasteiger partial charge in [-0.2, -0.15) is 0 Å². The van der Waals surface area contributed by atoms with E-state index >= 15 is 0 Å². The molecule has 3 unspecified atom stereocenters. The lowest BCUT2D eigenvalue weighted by atomic mass is 9.89. The zero-order valence-electron chi connectivity index (χ0n) is 11.5. The highest BCUT2D eigenvalue weighted by Crippen LogP contribution is 2.21. The molecule has 0 spiro atoms. The second-order valence-corrected chi connectivity index (χ2v) is 4.61. The monoisotopic (exact) mass is 230 g/mol. The van der Waals surface area contributed by atoms with Gasteiger partial charge in [0.2, 0.25) is 0 Å². The molecule has 0 aliphatic rings. The zero-order valence-corrected chi connectivity index (χ0v) is 11.5. The van der Waals surface area contributed by atoms with Crippen LogP contribution >= 0.6 is 0 Å². The van der Waals surface area contributed by atoms with Crippen molar-refractivity contribution in [3.63, 3.8) is 0 Å². The van der Waals surface area contributed by atoms with Gasteiger partial charge in [-0.05, 0) is 18.8 Å². The van der Waals surface area contributed by atoms with Gasteiger partial charge in [0.1, 0.15) is 0 Å². The first-order valence-electron chi connectivity index (χ1n) is 6.72. The van der Waals surface area contributed by atoms with E-state index < -0.39 is 0 Å². The van der Waals surface area contributed by atoms with Gasteiger partial charge in [0.25, 0.3) is 0 Å². The first-order chi connectivity index (χ1) is 7.73. The van der Waals surface area contributed by atoms with Gasteiger partial charge in [0.15, 0.2) is 0 Å². The SMILES string of the molecule is CCCCC(CC)CC(NN)C(CC)OC. The summed E-state index contributed by atoms with van der Waals surface area (Å²) in [7, 11) is 1.77. The smallest absolute Gasteiger partial charge is 0.0735 e. The third-order valence-electron chi connectivity index (χ3n) is 3.50. The van der Waals surface area contributed by atoms with Crippen molar-refractivity contribution in [3.8, 4) is 0 Å². The highest BCUT2D eigenvalue weighted by molar-refractivity contribution is 4.77. The van der Waals surface area contributed by atoms with E-state index in [0.717, 1.165) is 18.8 Å². The van der Waals surface area contributed by atoms with Gasteiger partial charge in [-0.1, -0.05) is 46.5 Å². The minimum atomic E-state index is 0.237. The summed E-state index contributed by atoms with van der Waals surface area (Å²) in [5.74, 6) is 6.40. The predicted octanol–water partition coefficient (Wildman–Crippen LogP) is 2.85. The van der Waals surface area contributed by atoms with Gasteiger partial charge in [-0.3, -0.25) is 11.3 Å². The molecule has 0 aromatic heterocycles. The molecule has 0 amide bonds. The Morgan fingerprint density at radius 2 is 1.88 bits per heavy atom. The highest BCUT2D eigenvalue weighted by atomic mass is 16.5.